The molecule has 3 aliphatic carbocycles. The highest BCUT2D eigenvalue weighted by Gasteiger charge is 2.65. The molecule has 4 aromatic carbocycles. The van der Waals surface area contributed by atoms with Gasteiger partial charge >= 0.3 is 0 Å². The van der Waals surface area contributed by atoms with Crippen LogP contribution in [-0.4, -0.2) is 82.3 Å². The maximum absolute atomic E-state index is 13.9. The van der Waals surface area contributed by atoms with Gasteiger partial charge in [0.25, 0.3) is 5.91 Å². The van der Waals surface area contributed by atoms with Crippen molar-refractivity contribution < 1.29 is 48.3 Å². The Bertz CT molecular complexity index is 2570. The van der Waals surface area contributed by atoms with Gasteiger partial charge in [0.05, 0.1) is 28.0 Å². The van der Waals surface area contributed by atoms with Crippen LogP contribution in [0.15, 0.2) is 94.6 Å². The summed E-state index contributed by atoms with van der Waals surface area (Å²) >= 11 is 5.47. The predicted molar refractivity (Wildman–Crippen MR) is 213 cm³/mol. The first-order valence-corrected chi connectivity index (χ1v) is 19.5. The molecule has 1 amide bonds. The van der Waals surface area contributed by atoms with Gasteiger partial charge in [-0.3, -0.25) is 14.4 Å². The molecule has 0 aliphatic heterocycles. The summed E-state index contributed by atoms with van der Waals surface area (Å²) < 4.78 is 26.7. The lowest BCUT2D eigenvalue weighted by atomic mass is 9.55. The van der Waals surface area contributed by atoms with E-state index in [0.29, 0.717) is 16.8 Å². The van der Waals surface area contributed by atoms with Crippen molar-refractivity contribution in [1.29, 1.82) is 0 Å². The molecular weight excluding hydrogens is 761 g/mol. The number of thiocarbonyl (C=S) groups is 1. The van der Waals surface area contributed by atoms with E-state index in [2.05, 4.69) is 10.6 Å². The standard InChI is InChI=1S/C40H38N4O10S2/c1-18-23-13-14-26(34(47)30(23)35(48)32-29(18)33(46)25-16-28(45)31(38(41)51)36(49)40(25,52)37(32)50)43-39(55)42-21-9-7-19(8-10-21)17-56(53,54)22-11-12-24-20(15-22)5-4-6-27(24)44(2)3/h4-15,18,25,29,33,46-49,52H,16-17H2,1-3H3,(H2,41,51)(H2,42,43,55)/t18-,25+,29+,33+,40+/m0/s1. The van der Waals surface area contributed by atoms with E-state index < -0.39 is 91.6 Å². The second-order valence-corrected chi connectivity index (χ2v) is 16.9. The molecule has 16 heteroatoms. The van der Waals surface area contributed by atoms with Crippen LogP contribution in [0.4, 0.5) is 17.1 Å². The maximum Gasteiger partial charge on any atom is 0.255 e. The van der Waals surface area contributed by atoms with Gasteiger partial charge in [-0.1, -0.05) is 43.3 Å². The number of sulfone groups is 1. The van der Waals surface area contributed by atoms with Crippen molar-refractivity contribution in [3.8, 4) is 5.75 Å². The lowest BCUT2D eigenvalue weighted by molar-refractivity contribution is -0.160. The van der Waals surface area contributed by atoms with Crippen LogP contribution >= 0.6 is 12.2 Å². The molecule has 56 heavy (non-hydrogen) atoms. The fourth-order valence-corrected chi connectivity index (χ4v) is 9.81. The lowest BCUT2D eigenvalue weighted by Gasteiger charge is -2.50. The first-order valence-electron chi connectivity index (χ1n) is 17.5. The number of anilines is 3. The van der Waals surface area contributed by atoms with Gasteiger partial charge in [-0.15, -0.1) is 0 Å². The lowest BCUT2D eigenvalue weighted by Crippen LogP contribution is -2.63. The van der Waals surface area contributed by atoms with Gasteiger partial charge in [-0.25, -0.2) is 8.42 Å². The molecule has 5 atom stereocenters. The third kappa shape index (κ3) is 6.05. The number of amides is 1. The number of aliphatic hydroxyl groups is 4. The number of primary amides is 1. The number of nitrogens with one attached hydrogen (secondary N) is 2. The van der Waals surface area contributed by atoms with Crippen molar-refractivity contribution in [3.05, 3.63) is 106 Å². The first-order chi connectivity index (χ1) is 26.4. The minimum absolute atomic E-state index is 0.00462. The molecule has 0 unspecified atom stereocenters. The second-order valence-electron chi connectivity index (χ2n) is 14.5. The Morgan fingerprint density at radius 3 is 2.36 bits per heavy atom. The van der Waals surface area contributed by atoms with Crippen LogP contribution in [0.25, 0.3) is 16.5 Å². The van der Waals surface area contributed by atoms with E-state index in [4.69, 9.17) is 18.0 Å². The molecule has 290 valence electrons. The van der Waals surface area contributed by atoms with Gasteiger partial charge in [-0.05, 0) is 71.0 Å². The Kier molecular flexibility index (Phi) is 9.44. The maximum atomic E-state index is 13.9. The Morgan fingerprint density at radius 2 is 1.70 bits per heavy atom. The number of carbonyl (C=O) groups is 3. The number of nitrogens with zero attached hydrogens (tertiary/aromatic N) is 1. The SMILES string of the molecule is C[C@H]1c2ccc(NC(=S)Nc3ccc(CS(=O)(=O)c4ccc5c(N(C)C)cccc5c4)cc3)c(O)c2C(O)=C2C(=O)[C@]3(O)C(O)=C(C(N)=O)C(=O)C[C@@H]3[C@@H](O)[C@@H]21. The van der Waals surface area contributed by atoms with E-state index in [9.17, 15) is 48.3 Å². The molecule has 1 fully saturated rings. The van der Waals surface area contributed by atoms with Crippen LogP contribution in [0.3, 0.4) is 0 Å². The average molecular weight is 799 g/mol. The highest BCUT2D eigenvalue weighted by atomic mass is 32.2. The molecule has 0 aromatic heterocycles. The van der Waals surface area contributed by atoms with Gasteiger partial charge < -0.3 is 46.8 Å². The van der Waals surface area contributed by atoms with Crippen molar-refractivity contribution in [1.82, 2.24) is 0 Å². The number of nitrogens with two attached hydrogens (primary N) is 1. The van der Waals surface area contributed by atoms with E-state index in [0.717, 1.165) is 16.5 Å². The number of phenolic OH excluding ortho intramolecular Hbond substituents is 1. The van der Waals surface area contributed by atoms with Gasteiger partial charge in [0.2, 0.25) is 5.78 Å². The van der Waals surface area contributed by atoms with Crippen LogP contribution < -0.4 is 21.3 Å². The Balaban J connectivity index is 1.10. The highest BCUT2D eigenvalue weighted by Crippen LogP contribution is 2.56. The number of hydrogen-bond acceptors (Lipinski definition) is 12. The topological polar surface area (TPSA) is 240 Å². The third-order valence-corrected chi connectivity index (χ3v) is 12.9. The van der Waals surface area contributed by atoms with E-state index in [1.807, 2.05) is 37.2 Å². The normalized spacial score (nSPS) is 23.3. The first kappa shape index (κ1) is 38.5. The van der Waals surface area contributed by atoms with Gasteiger partial charge in [0.1, 0.15) is 22.8 Å². The number of ketones is 2. The number of Topliss-reactive ketones (excluding diaryl/α,β-unsaturated/α-hetero) is 2. The van der Waals surface area contributed by atoms with E-state index in [1.54, 1.807) is 55.5 Å². The van der Waals surface area contributed by atoms with Crippen LogP contribution in [-0.2, 0) is 30.0 Å². The zero-order chi connectivity index (χ0) is 40.6. The molecule has 4 aromatic rings. The summed E-state index contributed by atoms with van der Waals surface area (Å²) in [6.07, 6.45) is -2.31. The molecule has 1 saturated carbocycles. The van der Waals surface area contributed by atoms with E-state index >= 15 is 0 Å². The van der Waals surface area contributed by atoms with Crippen LogP contribution in [0.2, 0.25) is 0 Å². The molecule has 0 radical (unpaired) electrons. The van der Waals surface area contributed by atoms with Gasteiger partial charge in [0.15, 0.2) is 26.3 Å². The predicted octanol–water partition coefficient (Wildman–Crippen LogP) is 3.96. The molecule has 9 N–H and O–H groups in total. The fourth-order valence-electron chi connectivity index (χ4n) is 8.20. The summed E-state index contributed by atoms with van der Waals surface area (Å²) in [5, 5.41) is 64.3. The summed E-state index contributed by atoms with van der Waals surface area (Å²) in [4.78, 5) is 40.7. The molecule has 7 rings (SSSR count). The largest absolute Gasteiger partial charge is 0.508 e. The van der Waals surface area contributed by atoms with Gasteiger partial charge in [0, 0.05) is 54.7 Å². The molecule has 0 heterocycles. The zero-order valence-corrected chi connectivity index (χ0v) is 31.9. The molecule has 0 bridgehead atoms. The molecule has 3 aliphatic rings. The monoisotopic (exact) mass is 798 g/mol. The smallest absolute Gasteiger partial charge is 0.255 e. The van der Waals surface area contributed by atoms with Crippen molar-refractivity contribution in [2.45, 2.75) is 41.6 Å². The minimum atomic E-state index is -3.69. The average Bonchev–Trinajstić information content (AvgIpc) is 3.14. The number of phenols is 1. The summed E-state index contributed by atoms with van der Waals surface area (Å²) in [7, 11) is 0.157. The Hall–Kier alpha value is -5.81. The third-order valence-electron chi connectivity index (χ3n) is 11.0. The minimum Gasteiger partial charge on any atom is -0.508 e. The van der Waals surface area contributed by atoms with Crippen molar-refractivity contribution in [3.63, 3.8) is 0 Å². The number of aliphatic hydroxyl groups excluding tert-OH is 3. The van der Waals surface area contributed by atoms with Crippen LogP contribution in [0.5, 0.6) is 5.75 Å². The summed E-state index contributed by atoms with van der Waals surface area (Å²) in [5.41, 5.74) is 2.98. The molecule has 14 nitrogen and oxygen atoms in total. The number of hydrogen-bond donors (Lipinski definition) is 8. The van der Waals surface area contributed by atoms with Gasteiger partial charge in [-0.2, -0.15) is 0 Å². The van der Waals surface area contributed by atoms with Crippen molar-refractivity contribution in [2.24, 2.45) is 17.6 Å². The summed E-state index contributed by atoms with van der Waals surface area (Å²) in [5.74, 6) is -9.87. The number of aromatic hydroxyl groups is 1. The van der Waals surface area contributed by atoms with Crippen LogP contribution in [0, 0.1) is 11.8 Å². The van der Waals surface area contributed by atoms with Crippen molar-refractivity contribution >= 4 is 78.2 Å². The fraction of sp³-hybridized carbons (Fsp3) is 0.250. The van der Waals surface area contributed by atoms with Crippen LogP contribution in [0.1, 0.15) is 36.0 Å². The van der Waals surface area contributed by atoms with Crippen molar-refractivity contribution in [2.75, 3.05) is 29.6 Å². The van der Waals surface area contributed by atoms with E-state index in [1.165, 1.54) is 6.07 Å². The number of benzene rings is 4. The second kappa shape index (κ2) is 13.7. The number of carbonyl (C=O) groups excluding carboxylic acids is 3. The van der Waals surface area contributed by atoms with E-state index in [-0.39, 0.29) is 27.0 Å². The zero-order valence-electron chi connectivity index (χ0n) is 30.3. The molecule has 0 saturated heterocycles. The molecule has 0 spiro atoms. The molecular formula is C40H38N4O10S2. The Morgan fingerprint density at radius 1 is 1.00 bits per heavy atom. The quantitative estimate of drug-likeness (QED) is 0.0751. The number of rotatable bonds is 7. The highest BCUT2D eigenvalue weighted by molar-refractivity contribution is 7.90. The Labute approximate surface area is 326 Å². The summed E-state index contributed by atoms with van der Waals surface area (Å²) in [6.45, 7) is 1.63. The number of fused-ring (bicyclic) bond motifs is 4. The summed E-state index contributed by atoms with van der Waals surface area (Å²) in [6, 6.07) is 20.4.